The van der Waals surface area contributed by atoms with Crippen molar-refractivity contribution in [3.05, 3.63) is 10.5 Å². The van der Waals surface area contributed by atoms with E-state index >= 15 is 0 Å². The smallest absolute Gasteiger partial charge is 0.186 e. The van der Waals surface area contributed by atoms with Crippen molar-refractivity contribution >= 4 is 28.1 Å². The third kappa shape index (κ3) is 3.16. The fourth-order valence-corrected chi connectivity index (χ4v) is 2.24. The van der Waals surface area contributed by atoms with E-state index in [-0.39, 0.29) is 0 Å². The molecule has 1 aromatic rings. The second kappa shape index (κ2) is 5.45. The maximum atomic E-state index is 5.78. The minimum atomic E-state index is 0.609. The maximum Gasteiger partial charge on any atom is 0.186 e. The first-order chi connectivity index (χ1) is 6.27. The number of hydrogen-bond donors (Lipinski definition) is 0. The van der Waals surface area contributed by atoms with E-state index in [1.807, 2.05) is 5.38 Å². The lowest BCUT2D eigenvalue weighted by Crippen LogP contribution is -2.24. The molecular weight excluding hydrogens is 204 g/mol. The van der Waals surface area contributed by atoms with Crippen LogP contribution < -0.4 is 4.90 Å². The Hall–Kier alpha value is -0.280. The predicted octanol–water partition coefficient (Wildman–Crippen LogP) is 3.42. The first-order valence-electron chi connectivity index (χ1n) is 4.63. The minimum absolute atomic E-state index is 0.609. The van der Waals surface area contributed by atoms with E-state index in [2.05, 4.69) is 23.7 Å². The molecule has 4 heteroatoms. The van der Waals surface area contributed by atoms with Crippen LogP contribution in [-0.4, -0.2) is 18.1 Å². The van der Waals surface area contributed by atoms with E-state index in [1.54, 1.807) is 11.3 Å². The van der Waals surface area contributed by atoms with E-state index in [0.29, 0.717) is 5.15 Å². The number of anilines is 1. The molecule has 1 aromatic heterocycles. The average Bonchev–Trinajstić information content (AvgIpc) is 2.51. The van der Waals surface area contributed by atoms with Crippen LogP contribution in [0, 0.1) is 0 Å². The van der Waals surface area contributed by atoms with Crippen LogP contribution in [0.1, 0.15) is 26.7 Å². The van der Waals surface area contributed by atoms with Crippen LogP contribution in [0.4, 0.5) is 5.13 Å². The van der Waals surface area contributed by atoms with Crippen molar-refractivity contribution in [1.29, 1.82) is 0 Å². The third-order valence-electron chi connectivity index (χ3n) is 1.72. The van der Waals surface area contributed by atoms with E-state index < -0.39 is 0 Å². The van der Waals surface area contributed by atoms with Crippen molar-refractivity contribution in [2.45, 2.75) is 26.7 Å². The number of hydrogen-bond acceptors (Lipinski definition) is 3. The highest BCUT2D eigenvalue weighted by molar-refractivity contribution is 7.14. The van der Waals surface area contributed by atoms with Crippen LogP contribution in [0.15, 0.2) is 5.38 Å². The molecule has 0 aliphatic heterocycles. The summed E-state index contributed by atoms with van der Waals surface area (Å²) in [5, 5.41) is 3.54. The molecule has 0 amide bonds. The Bertz CT molecular complexity index is 244. The zero-order chi connectivity index (χ0) is 9.68. The second-order valence-corrected chi connectivity index (χ2v) is 4.16. The van der Waals surface area contributed by atoms with Gasteiger partial charge < -0.3 is 4.90 Å². The van der Waals surface area contributed by atoms with Crippen LogP contribution in [0.5, 0.6) is 0 Å². The molecule has 0 aliphatic rings. The summed E-state index contributed by atoms with van der Waals surface area (Å²) in [6, 6.07) is 0. The Kier molecular flexibility index (Phi) is 4.53. The van der Waals surface area contributed by atoms with Crippen LogP contribution in [0.25, 0.3) is 0 Å². The first kappa shape index (κ1) is 10.8. The molecular formula is C9H15ClN2S. The molecule has 0 radical (unpaired) electrons. The van der Waals surface area contributed by atoms with Gasteiger partial charge >= 0.3 is 0 Å². The van der Waals surface area contributed by atoms with E-state index in [0.717, 1.165) is 31.1 Å². The van der Waals surface area contributed by atoms with Gasteiger partial charge in [0.2, 0.25) is 0 Å². The van der Waals surface area contributed by atoms with Crippen molar-refractivity contribution in [3.63, 3.8) is 0 Å². The molecule has 0 aliphatic carbocycles. The molecule has 0 unspecified atom stereocenters. The van der Waals surface area contributed by atoms with Gasteiger partial charge in [-0.3, -0.25) is 0 Å². The minimum Gasteiger partial charge on any atom is -0.348 e. The van der Waals surface area contributed by atoms with Gasteiger partial charge in [-0.2, -0.15) is 0 Å². The highest BCUT2D eigenvalue weighted by Gasteiger charge is 2.07. The fraction of sp³-hybridized carbons (Fsp3) is 0.667. The molecule has 0 aromatic carbocycles. The standard InChI is InChI=1S/C9H15ClN2S/c1-3-5-12(6-4-2)9-11-8(10)7-13-9/h7H,3-6H2,1-2H3. The lowest BCUT2D eigenvalue weighted by molar-refractivity contribution is 0.742. The molecule has 0 saturated heterocycles. The lowest BCUT2D eigenvalue weighted by Gasteiger charge is -2.19. The first-order valence-corrected chi connectivity index (χ1v) is 5.89. The van der Waals surface area contributed by atoms with Crippen LogP contribution in [-0.2, 0) is 0 Å². The van der Waals surface area contributed by atoms with Crippen LogP contribution >= 0.6 is 22.9 Å². The zero-order valence-electron chi connectivity index (χ0n) is 8.09. The van der Waals surface area contributed by atoms with Gasteiger partial charge in [-0.05, 0) is 12.8 Å². The zero-order valence-corrected chi connectivity index (χ0v) is 9.66. The highest BCUT2D eigenvalue weighted by Crippen LogP contribution is 2.23. The molecule has 0 saturated carbocycles. The van der Waals surface area contributed by atoms with Gasteiger partial charge in [-0.1, -0.05) is 25.4 Å². The Morgan fingerprint density at radius 1 is 1.38 bits per heavy atom. The molecule has 0 bridgehead atoms. The van der Waals surface area contributed by atoms with Crippen molar-refractivity contribution < 1.29 is 0 Å². The van der Waals surface area contributed by atoms with E-state index in [1.165, 1.54) is 0 Å². The van der Waals surface area contributed by atoms with Crippen LogP contribution in [0.2, 0.25) is 5.15 Å². The van der Waals surface area contributed by atoms with Gasteiger partial charge in [0.15, 0.2) is 5.13 Å². The molecule has 13 heavy (non-hydrogen) atoms. The number of aromatic nitrogens is 1. The average molecular weight is 219 g/mol. The topological polar surface area (TPSA) is 16.1 Å². The molecule has 2 nitrogen and oxygen atoms in total. The third-order valence-corrected chi connectivity index (χ3v) is 2.95. The molecule has 1 rings (SSSR count). The number of rotatable bonds is 5. The summed E-state index contributed by atoms with van der Waals surface area (Å²) >= 11 is 7.40. The molecule has 0 N–H and O–H groups in total. The highest BCUT2D eigenvalue weighted by atomic mass is 35.5. The predicted molar refractivity (Wildman–Crippen MR) is 59.9 cm³/mol. The second-order valence-electron chi connectivity index (χ2n) is 2.94. The Morgan fingerprint density at radius 2 is 2.00 bits per heavy atom. The van der Waals surface area contributed by atoms with Crippen molar-refractivity contribution in [2.24, 2.45) is 0 Å². The molecule has 0 atom stereocenters. The summed E-state index contributed by atoms with van der Waals surface area (Å²) in [4.78, 5) is 6.55. The van der Waals surface area contributed by atoms with E-state index in [9.17, 15) is 0 Å². The largest absolute Gasteiger partial charge is 0.348 e. The summed E-state index contributed by atoms with van der Waals surface area (Å²) in [6.45, 7) is 6.49. The van der Waals surface area contributed by atoms with Crippen LogP contribution in [0.3, 0.4) is 0 Å². The molecule has 0 spiro atoms. The van der Waals surface area contributed by atoms with E-state index in [4.69, 9.17) is 11.6 Å². The summed E-state index contributed by atoms with van der Waals surface area (Å²) in [7, 11) is 0. The number of nitrogens with zero attached hydrogens (tertiary/aromatic N) is 2. The monoisotopic (exact) mass is 218 g/mol. The number of thiazole rings is 1. The Balaban J connectivity index is 2.63. The lowest BCUT2D eigenvalue weighted by atomic mass is 10.4. The molecule has 74 valence electrons. The Morgan fingerprint density at radius 3 is 2.38 bits per heavy atom. The van der Waals surface area contributed by atoms with Gasteiger partial charge in [-0.15, -0.1) is 11.3 Å². The Labute approximate surface area is 88.5 Å². The van der Waals surface area contributed by atoms with Crippen molar-refractivity contribution in [3.8, 4) is 0 Å². The summed E-state index contributed by atoms with van der Waals surface area (Å²) in [5.74, 6) is 0. The van der Waals surface area contributed by atoms with Gasteiger partial charge in [0.25, 0.3) is 0 Å². The molecule has 1 heterocycles. The number of halogens is 1. The SMILES string of the molecule is CCCN(CCC)c1nc(Cl)cs1. The normalized spacial score (nSPS) is 10.4. The fourth-order valence-electron chi connectivity index (χ4n) is 1.23. The van der Waals surface area contributed by atoms with Gasteiger partial charge in [-0.25, -0.2) is 4.98 Å². The van der Waals surface area contributed by atoms with Gasteiger partial charge in [0.05, 0.1) is 0 Å². The van der Waals surface area contributed by atoms with Crippen molar-refractivity contribution in [1.82, 2.24) is 4.98 Å². The summed E-state index contributed by atoms with van der Waals surface area (Å²) < 4.78 is 0. The summed E-state index contributed by atoms with van der Waals surface area (Å²) in [6.07, 6.45) is 2.30. The quantitative estimate of drug-likeness (QED) is 0.753. The van der Waals surface area contributed by atoms with Crippen molar-refractivity contribution in [2.75, 3.05) is 18.0 Å². The van der Waals surface area contributed by atoms with Gasteiger partial charge in [0, 0.05) is 18.5 Å². The summed E-state index contributed by atoms with van der Waals surface area (Å²) in [5.41, 5.74) is 0. The maximum absolute atomic E-state index is 5.78. The molecule has 0 fully saturated rings. The van der Waals surface area contributed by atoms with Gasteiger partial charge in [0.1, 0.15) is 5.15 Å².